The van der Waals surface area contributed by atoms with Crippen molar-refractivity contribution in [3.8, 4) is 0 Å². The van der Waals surface area contributed by atoms with Gasteiger partial charge in [0.15, 0.2) is 0 Å². The van der Waals surface area contributed by atoms with E-state index in [1.165, 1.54) is 6.07 Å². The van der Waals surface area contributed by atoms with E-state index < -0.39 is 0 Å². The van der Waals surface area contributed by atoms with Gasteiger partial charge in [0.2, 0.25) is 0 Å². The molecule has 5 unspecified atom stereocenters. The Kier molecular flexibility index (Phi) is 4.72. The molecule has 1 aromatic rings. The second-order valence-electron chi connectivity index (χ2n) is 6.76. The van der Waals surface area contributed by atoms with Gasteiger partial charge in [-0.05, 0) is 38.7 Å². The molecule has 0 radical (unpaired) electrons. The van der Waals surface area contributed by atoms with Gasteiger partial charge in [0.05, 0.1) is 18.8 Å². The molecule has 1 saturated carbocycles. The highest BCUT2D eigenvalue weighted by atomic mass is 79.9. The Hall–Kier alpha value is 0.0300. The average Bonchev–Trinajstić information content (AvgIpc) is 3.17. The van der Waals surface area contributed by atoms with Crippen LogP contribution in [0.1, 0.15) is 32.3 Å². The fourth-order valence-electron chi connectivity index (χ4n) is 3.32. The molecule has 3 rings (SSSR count). The first-order valence-corrected chi connectivity index (χ1v) is 9.56. The van der Waals surface area contributed by atoms with Crippen LogP contribution in [0.5, 0.6) is 0 Å². The number of rotatable bonds is 5. The molecule has 2 aliphatic rings. The molecule has 2 nitrogen and oxygen atoms in total. The molecule has 1 aliphatic carbocycles. The highest BCUT2D eigenvalue weighted by Gasteiger charge is 2.63. The van der Waals surface area contributed by atoms with Crippen molar-refractivity contribution in [2.75, 3.05) is 5.33 Å². The number of ether oxygens (including phenoxy) is 2. The minimum atomic E-state index is -0.209. The van der Waals surface area contributed by atoms with Crippen LogP contribution in [0.4, 0.5) is 4.39 Å². The summed E-state index contributed by atoms with van der Waals surface area (Å²) in [5.41, 5.74) is 0.407. The van der Waals surface area contributed by atoms with Crippen LogP contribution in [-0.4, -0.2) is 27.5 Å². The molecule has 0 N–H and O–H groups in total. The second-order valence-corrected chi connectivity index (χ2v) is 9.13. The molecule has 22 heavy (non-hydrogen) atoms. The van der Waals surface area contributed by atoms with Crippen LogP contribution < -0.4 is 0 Å². The van der Waals surface area contributed by atoms with Gasteiger partial charge in [0.1, 0.15) is 11.4 Å². The van der Waals surface area contributed by atoms with Crippen molar-refractivity contribution >= 4 is 31.9 Å². The number of epoxide rings is 1. The summed E-state index contributed by atoms with van der Waals surface area (Å²) in [5.74, 6) is 0.261. The molecule has 0 spiro atoms. The number of hydrogen-bond donors (Lipinski definition) is 0. The van der Waals surface area contributed by atoms with E-state index in [0.29, 0.717) is 18.1 Å². The number of hydrogen-bond acceptors (Lipinski definition) is 2. The first-order valence-electron chi connectivity index (χ1n) is 7.64. The maximum Gasteiger partial charge on any atom is 0.128 e. The van der Waals surface area contributed by atoms with Gasteiger partial charge in [-0.2, -0.15) is 0 Å². The lowest BCUT2D eigenvalue weighted by Crippen LogP contribution is -2.44. The molecule has 122 valence electrons. The van der Waals surface area contributed by atoms with E-state index in [1.54, 1.807) is 12.1 Å². The number of benzene rings is 1. The van der Waals surface area contributed by atoms with Crippen LogP contribution in [0.2, 0.25) is 0 Å². The monoisotopic (exact) mass is 434 g/mol. The van der Waals surface area contributed by atoms with Crippen LogP contribution in [0, 0.1) is 11.7 Å². The summed E-state index contributed by atoms with van der Waals surface area (Å²) in [6.45, 7) is 4.61. The van der Waals surface area contributed by atoms with Crippen LogP contribution in [-0.2, 0) is 16.1 Å². The number of alkyl halides is 2. The lowest BCUT2D eigenvalue weighted by Gasteiger charge is -2.38. The summed E-state index contributed by atoms with van der Waals surface area (Å²) in [4.78, 5) is 0. The highest BCUT2D eigenvalue weighted by molar-refractivity contribution is 9.12. The third-order valence-corrected chi connectivity index (χ3v) is 7.97. The first kappa shape index (κ1) is 16.9. The molecule has 0 bridgehead atoms. The Morgan fingerprint density at radius 1 is 1.41 bits per heavy atom. The summed E-state index contributed by atoms with van der Waals surface area (Å²) in [6, 6.07) is 6.78. The van der Waals surface area contributed by atoms with Crippen LogP contribution >= 0.6 is 31.9 Å². The van der Waals surface area contributed by atoms with Gasteiger partial charge < -0.3 is 9.47 Å². The van der Waals surface area contributed by atoms with Crippen molar-refractivity contribution in [2.24, 2.45) is 5.92 Å². The molecule has 1 saturated heterocycles. The average molecular weight is 436 g/mol. The third kappa shape index (κ3) is 3.14. The number of fused-ring (bicyclic) bond motifs is 1. The summed E-state index contributed by atoms with van der Waals surface area (Å²) < 4.78 is 25.8. The molecule has 5 atom stereocenters. The van der Waals surface area contributed by atoms with Crippen molar-refractivity contribution in [3.63, 3.8) is 0 Å². The minimum absolute atomic E-state index is 0.00628. The maximum atomic E-state index is 13.7. The molecule has 0 amide bonds. The summed E-state index contributed by atoms with van der Waals surface area (Å²) >= 11 is 7.40. The lowest BCUT2D eigenvalue weighted by molar-refractivity contribution is -0.0297. The maximum absolute atomic E-state index is 13.7. The number of halogens is 3. The molecule has 5 heteroatoms. The molecule has 2 fully saturated rings. The largest absolute Gasteiger partial charge is 0.370 e. The predicted octanol–water partition coefficient (Wildman–Crippen LogP) is 4.83. The minimum Gasteiger partial charge on any atom is -0.370 e. The zero-order valence-electron chi connectivity index (χ0n) is 12.8. The van der Waals surface area contributed by atoms with Gasteiger partial charge >= 0.3 is 0 Å². The Morgan fingerprint density at radius 3 is 2.82 bits per heavy atom. The molecule has 1 heterocycles. The van der Waals surface area contributed by atoms with Gasteiger partial charge in [0.25, 0.3) is 0 Å². The van der Waals surface area contributed by atoms with Crippen molar-refractivity contribution in [3.05, 3.63) is 35.6 Å². The second kappa shape index (κ2) is 6.15. The van der Waals surface area contributed by atoms with Gasteiger partial charge in [-0.1, -0.05) is 50.1 Å². The summed E-state index contributed by atoms with van der Waals surface area (Å²) in [6.07, 6.45) is 2.23. The normalized spacial score (nSPS) is 36.5. The van der Waals surface area contributed by atoms with E-state index in [4.69, 9.17) is 9.47 Å². The molecule has 1 aliphatic heterocycles. The summed E-state index contributed by atoms with van der Waals surface area (Å²) in [5, 5.41) is 0.883. The fraction of sp³-hybridized carbons (Fsp3) is 0.647. The molecule has 1 aromatic carbocycles. The van der Waals surface area contributed by atoms with Crippen molar-refractivity contribution in [2.45, 2.75) is 55.4 Å². The van der Waals surface area contributed by atoms with E-state index in [2.05, 4.69) is 45.7 Å². The lowest BCUT2D eigenvalue weighted by atomic mass is 9.75. The van der Waals surface area contributed by atoms with Gasteiger partial charge in [-0.25, -0.2) is 4.39 Å². The van der Waals surface area contributed by atoms with Crippen LogP contribution in [0.3, 0.4) is 0 Å². The van der Waals surface area contributed by atoms with Gasteiger partial charge in [0, 0.05) is 15.2 Å². The first-order chi connectivity index (χ1) is 10.4. The van der Waals surface area contributed by atoms with Crippen LogP contribution in [0.25, 0.3) is 0 Å². The Morgan fingerprint density at radius 2 is 2.14 bits per heavy atom. The quantitative estimate of drug-likeness (QED) is 0.488. The van der Waals surface area contributed by atoms with E-state index in [1.807, 2.05) is 6.07 Å². The van der Waals surface area contributed by atoms with Crippen molar-refractivity contribution in [1.82, 2.24) is 0 Å². The van der Waals surface area contributed by atoms with Crippen LogP contribution in [0.15, 0.2) is 24.3 Å². The smallest absolute Gasteiger partial charge is 0.128 e. The summed E-state index contributed by atoms with van der Waals surface area (Å²) in [7, 11) is 0. The Bertz CT molecular complexity index is 551. The topological polar surface area (TPSA) is 21.8 Å². The molecule has 0 aromatic heterocycles. The predicted molar refractivity (Wildman–Crippen MR) is 92.1 cm³/mol. The van der Waals surface area contributed by atoms with Crippen molar-refractivity contribution in [1.29, 1.82) is 0 Å². The SMILES string of the molecule is CC(Br)(CBr)C1CC(OCc2ccccc2F)C2(C)OC2C1. The zero-order chi connectivity index (χ0) is 16.0. The van der Waals surface area contributed by atoms with Crippen molar-refractivity contribution < 1.29 is 13.9 Å². The van der Waals surface area contributed by atoms with E-state index in [-0.39, 0.29) is 28.0 Å². The van der Waals surface area contributed by atoms with Gasteiger partial charge in [-0.3, -0.25) is 0 Å². The fourth-order valence-corrected chi connectivity index (χ4v) is 4.16. The Balaban J connectivity index is 1.68. The zero-order valence-corrected chi connectivity index (χ0v) is 16.0. The van der Waals surface area contributed by atoms with E-state index >= 15 is 0 Å². The molecular weight excluding hydrogens is 415 g/mol. The standard InChI is InChI=1S/C17H21Br2FO2/c1-16(19,10-18)12-7-14(17(2)15(8-12)22-17)21-9-11-5-3-4-6-13(11)20/h3-6,12,14-15H,7-10H2,1-2H3. The van der Waals surface area contributed by atoms with E-state index in [9.17, 15) is 4.39 Å². The highest BCUT2D eigenvalue weighted by Crippen LogP contribution is 2.54. The van der Waals surface area contributed by atoms with E-state index in [0.717, 1.165) is 18.2 Å². The Labute approximate surface area is 148 Å². The molecular formula is C17H21Br2FO2. The third-order valence-electron chi connectivity index (χ3n) is 5.13. The van der Waals surface area contributed by atoms with Gasteiger partial charge in [-0.15, -0.1) is 0 Å².